The summed E-state index contributed by atoms with van der Waals surface area (Å²) in [5, 5.41) is 9.65. The second-order valence-corrected chi connectivity index (χ2v) is 4.33. The van der Waals surface area contributed by atoms with E-state index in [1.807, 2.05) is 0 Å². The second kappa shape index (κ2) is 3.63. The Morgan fingerprint density at radius 2 is 1.22 bits per heavy atom. The van der Waals surface area contributed by atoms with E-state index in [0.29, 0.717) is 12.1 Å². The Morgan fingerprint density at radius 3 is 1.50 bits per heavy atom. The van der Waals surface area contributed by atoms with Gasteiger partial charge in [-0.2, -0.15) is 26.3 Å². The summed E-state index contributed by atoms with van der Waals surface area (Å²) in [5.74, 6) is 0. The molecule has 0 aromatic heterocycles. The Bertz CT molecular complexity index is 403. The van der Waals surface area contributed by atoms with Crippen molar-refractivity contribution in [3.63, 3.8) is 0 Å². The molecule has 0 radical (unpaired) electrons. The van der Waals surface area contributed by atoms with Crippen molar-refractivity contribution in [3.05, 3.63) is 34.9 Å². The maximum atomic E-state index is 12.5. The lowest BCUT2D eigenvalue weighted by molar-refractivity contribution is -0.143. The first kappa shape index (κ1) is 13.2. The maximum absolute atomic E-state index is 12.5. The minimum atomic E-state index is -4.87. The number of rotatable bonds is 1. The zero-order valence-electron chi connectivity index (χ0n) is 8.86. The summed E-state index contributed by atoms with van der Waals surface area (Å²) in [4.78, 5) is 0. The predicted octanol–water partition coefficient (Wildman–Crippen LogP) is 3.71. The fraction of sp³-hybridized carbons (Fsp3) is 0.455. The van der Waals surface area contributed by atoms with Gasteiger partial charge >= 0.3 is 12.4 Å². The van der Waals surface area contributed by atoms with Crippen molar-refractivity contribution in [3.8, 4) is 0 Å². The largest absolute Gasteiger partial charge is 0.416 e. The fourth-order valence-electron chi connectivity index (χ4n) is 1.63. The molecule has 0 unspecified atom stereocenters. The molecule has 100 valence electrons. The van der Waals surface area contributed by atoms with Gasteiger partial charge < -0.3 is 5.11 Å². The van der Waals surface area contributed by atoms with Gasteiger partial charge in [0.1, 0.15) is 0 Å². The molecule has 2 rings (SSSR count). The highest BCUT2D eigenvalue weighted by Gasteiger charge is 2.45. The van der Waals surface area contributed by atoms with E-state index in [4.69, 9.17) is 0 Å². The quantitative estimate of drug-likeness (QED) is 0.771. The molecular weight excluding hydrogens is 262 g/mol. The zero-order chi connectivity index (χ0) is 13.8. The summed E-state index contributed by atoms with van der Waals surface area (Å²) < 4.78 is 75.0. The summed E-state index contributed by atoms with van der Waals surface area (Å²) >= 11 is 0. The normalized spacial score (nSPS) is 18.8. The molecule has 0 bridgehead atoms. The fourth-order valence-corrected chi connectivity index (χ4v) is 1.63. The van der Waals surface area contributed by atoms with Crippen LogP contribution in [-0.2, 0) is 18.0 Å². The summed E-state index contributed by atoms with van der Waals surface area (Å²) in [6.45, 7) is 0. The number of hydrogen-bond acceptors (Lipinski definition) is 1. The Balaban J connectivity index is 2.56. The van der Waals surface area contributed by atoms with Crippen molar-refractivity contribution in [2.24, 2.45) is 0 Å². The molecule has 1 N–H and O–H groups in total. The van der Waals surface area contributed by atoms with Crippen LogP contribution in [0.25, 0.3) is 0 Å². The summed E-state index contributed by atoms with van der Waals surface area (Å²) in [5.41, 5.74) is -4.66. The Hall–Kier alpha value is -1.24. The first-order chi connectivity index (χ1) is 8.02. The van der Waals surface area contributed by atoms with Crippen molar-refractivity contribution in [2.45, 2.75) is 30.8 Å². The SMILES string of the molecule is OC1(c2cc(C(F)(F)F)cc(C(F)(F)F)c2)CC1. The molecule has 1 aromatic rings. The van der Waals surface area contributed by atoms with Crippen LogP contribution in [0.3, 0.4) is 0 Å². The van der Waals surface area contributed by atoms with Gasteiger partial charge in [0, 0.05) is 0 Å². The lowest BCUT2D eigenvalue weighted by Gasteiger charge is -2.16. The highest BCUT2D eigenvalue weighted by molar-refractivity contribution is 5.38. The molecule has 1 aromatic carbocycles. The van der Waals surface area contributed by atoms with E-state index in [9.17, 15) is 31.4 Å². The molecule has 1 saturated carbocycles. The second-order valence-electron chi connectivity index (χ2n) is 4.33. The minimum Gasteiger partial charge on any atom is -0.385 e. The third kappa shape index (κ3) is 2.45. The van der Waals surface area contributed by atoms with Gasteiger partial charge in [0.25, 0.3) is 0 Å². The number of aliphatic hydroxyl groups is 1. The Labute approximate surface area is 98.0 Å². The van der Waals surface area contributed by atoms with Crippen LogP contribution in [0.15, 0.2) is 18.2 Å². The first-order valence-corrected chi connectivity index (χ1v) is 5.05. The van der Waals surface area contributed by atoms with E-state index in [1.165, 1.54) is 0 Å². The summed E-state index contributed by atoms with van der Waals surface area (Å²) in [7, 11) is 0. The van der Waals surface area contributed by atoms with Crippen LogP contribution in [0.1, 0.15) is 29.5 Å². The molecule has 0 saturated heterocycles. The van der Waals surface area contributed by atoms with Gasteiger partial charge in [-0.15, -0.1) is 0 Å². The molecule has 1 nitrogen and oxygen atoms in total. The van der Waals surface area contributed by atoms with Crippen LogP contribution in [0, 0.1) is 0 Å². The molecule has 1 fully saturated rings. The van der Waals surface area contributed by atoms with Crippen molar-refractivity contribution in [2.75, 3.05) is 0 Å². The third-order valence-electron chi connectivity index (χ3n) is 2.85. The van der Waals surface area contributed by atoms with Crippen LogP contribution in [0.2, 0.25) is 0 Å². The Morgan fingerprint density at radius 1 is 0.833 bits per heavy atom. The monoisotopic (exact) mass is 270 g/mol. The molecule has 0 spiro atoms. The summed E-state index contributed by atoms with van der Waals surface area (Å²) in [6.07, 6.45) is -9.40. The van der Waals surface area contributed by atoms with Gasteiger partial charge in [0.15, 0.2) is 0 Å². The lowest BCUT2D eigenvalue weighted by atomic mass is 10.00. The van der Waals surface area contributed by atoms with Gasteiger partial charge in [-0.3, -0.25) is 0 Å². The molecule has 1 aliphatic rings. The van der Waals surface area contributed by atoms with E-state index < -0.39 is 29.1 Å². The Kier molecular flexibility index (Phi) is 2.66. The smallest absolute Gasteiger partial charge is 0.385 e. The van der Waals surface area contributed by atoms with E-state index in [2.05, 4.69) is 0 Å². The van der Waals surface area contributed by atoms with Crippen molar-refractivity contribution < 1.29 is 31.4 Å². The van der Waals surface area contributed by atoms with E-state index in [1.54, 1.807) is 0 Å². The molecular formula is C11H8F6O. The van der Waals surface area contributed by atoms with E-state index >= 15 is 0 Å². The molecule has 1 aliphatic carbocycles. The number of benzene rings is 1. The van der Waals surface area contributed by atoms with Gasteiger partial charge in [-0.1, -0.05) is 0 Å². The zero-order valence-corrected chi connectivity index (χ0v) is 8.86. The van der Waals surface area contributed by atoms with E-state index in [-0.39, 0.29) is 24.5 Å². The lowest BCUT2D eigenvalue weighted by Crippen LogP contribution is -2.15. The third-order valence-corrected chi connectivity index (χ3v) is 2.85. The van der Waals surface area contributed by atoms with Gasteiger partial charge in [0.2, 0.25) is 0 Å². The van der Waals surface area contributed by atoms with E-state index in [0.717, 1.165) is 0 Å². The summed E-state index contributed by atoms with van der Waals surface area (Å²) in [6, 6.07) is 1.19. The molecule has 7 heteroatoms. The average molecular weight is 270 g/mol. The predicted molar refractivity (Wildman–Crippen MR) is 49.6 cm³/mol. The number of halogens is 6. The van der Waals surface area contributed by atoms with Crippen molar-refractivity contribution in [1.29, 1.82) is 0 Å². The molecule has 0 amide bonds. The molecule has 0 heterocycles. The van der Waals surface area contributed by atoms with Crippen LogP contribution in [0.5, 0.6) is 0 Å². The van der Waals surface area contributed by atoms with Crippen LogP contribution < -0.4 is 0 Å². The molecule has 0 atom stereocenters. The highest BCUT2D eigenvalue weighted by Crippen LogP contribution is 2.48. The first-order valence-electron chi connectivity index (χ1n) is 5.05. The highest BCUT2D eigenvalue weighted by atomic mass is 19.4. The number of hydrogen-bond donors (Lipinski definition) is 1. The van der Waals surface area contributed by atoms with Crippen LogP contribution in [0.4, 0.5) is 26.3 Å². The molecule has 0 aliphatic heterocycles. The maximum Gasteiger partial charge on any atom is 0.416 e. The van der Waals surface area contributed by atoms with Gasteiger partial charge in [0.05, 0.1) is 16.7 Å². The van der Waals surface area contributed by atoms with Crippen LogP contribution in [-0.4, -0.2) is 5.11 Å². The van der Waals surface area contributed by atoms with Crippen LogP contribution >= 0.6 is 0 Å². The molecule has 18 heavy (non-hydrogen) atoms. The topological polar surface area (TPSA) is 20.2 Å². The standard InChI is InChI=1S/C11H8F6O/c12-10(13,14)7-3-6(9(18)1-2-9)4-8(5-7)11(15,16)17/h3-5,18H,1-2H2. The number of alkyl halides is 6. The van der Waals surface area contributed by atoms with Crippen molar-refractivity contribution >= 4 is 0 Å². The van der Waals surface area contributed by atoms with Crippen molar-refractivity contribution in [1.82, 2.24) is 0 Å². The van der Waals surface area contributed by atoms with Gasteiger partial charge in [-0.25, -0.2) is 0 Å². The van der Waals surface area contributed by atoms with Gasteiger partial charge in [-0.05, 0) is 36.6 Å². The minimum absolute atomic E-state index is 0.0508. The average Bonchev–Trinajstić information content (AvgIpc) is 2.95.